The zero-order valence-corrected chi connectivity index (χ0v) is 12.5. The lowest BCUT2D eigenvalue weighted by Gasteiger charge is -2.10. The second-order valence-corrected chi connectivity index (χ2v) is 4.72. The van der Waals surface area contributed by atoms with Crippen molar-refractivity contribution in [2.75, 3.05) is 19.0 Å². The van der Waals surface area contributed by atoms with E-state index in [0.29, 0.717) is 17.0 Å². The molecule has 0 heterocycles. The fourth-order valence-electron chi connectivity index (χ4n) is 1.94. The number of halogens is 1. The largest absolute Gasteiger partial charge is 0.495 e. The van der Waals surface area contributed by atoms with Crippen molar-refractivity contribution in [2.45, 2.75) is 6.42 Å². The molecule has 0 atom stereocenters. The maximum absolute atomic E-state index is 13.0. The Morgan fingerprint density at radius 3 is 2.65 bits per heavy atom. The molecule has 2 aromatic carbocycles. The number of carbonyl (C=O) groups excluding carboxylic acids is 2. The summed E-state index contributed by atoms with van der Waals surface area (Å²) in [5.74, 6) is -1.01. The zero-order chi connectivity index (χ0) is 16.7. The van der Waals surface area contributed by atoms with Crippen LogP contribution in [-0.2, 0) is 20.7 Å². The van der Waals surface area contributed by atoms with Crippen LogP contribution in [0.25, 0.3) is 0 Å². The second kappa shape index (κ2) is 7.93. The Morgan fingerprint density at radius 2 is 1.91 bits per heavy atom. The van der Waals surface area contributed by atoms with Crippen LogP contribution >= 0.6 is 0 Å². The van der Waals surface area contributed by atoms with E-state index in [-0.39, 0.29) is 6.42 Å². The number of ether oxygens (including phenoxy) is 2. The highest BCUT2D eigenvalue weighted by Gasteiger charge is 2.11. The van der Waals surface area contributed by atoms with E-state index in [9.17, 15) is 14.0 Å². The SMILES string of the molecule is COc1ccccc1NC(=O)COC(=O)Cc1cccc(F)c1. The predicted molar refractivity (Wildman–Crippen MR) is 82.7 cm³/mol. The molecular formula is C17H16FNO4. The molecule has 0 saturated carbocycles. The van der Waals surface area contributed by atoms with Crippen LogP contribution < -0.4 is 10.1 Å². The summed E-state index contributed by atoms with van der Waals surface area (Å²) >= 11 is 0. The van der Waals surface area contributed by atoms with Gasteiger partial charge in [0.2, 0.25) is 0 Å². The Balaban J connectivity index is 1.83. The average molecular weight is 317 g/mol. The highest BCUT2D eigenvalue weighted by molar-refractivity contribution is 5.94. The van der Waals surface area contributed by atoms with Crippen LogP contribution in [0.3, 0.4) is 0 Å². The van der Waals surface area contributed by atoms with E-state index in [4.69, 9.17) is 9.47 Å². The van der Waals surface area contributed by atoms with E-state index in [1.165, 1.54) is 25.3 Å². The van der Waals surface area contributed by atoms with Crippen molar-refractivity contribution in [3.8, 4) is 5.75 Å². The molecule has 23 heavy (non-hydrogen) atoms. The standard InChI is InChI=1S/C17H16FNO4/c1-22-15-8-3-2-7-14(15)19-16(20)11-23-17(21)10-12-5-4-6-13(18)9-12/h2-9H,10-11H2,1H3,(H,19,20). The molecule has 0 aromatic heterocycles. The maximum atomic E-state index is 13.0. The molecule has 120 valence electrons. The van der Waals surface area contributed by atoms with Crippen molar-refractivity contribution >= 4 is 17.6 Å². The van der Waals surface area contributed by atoms with Crippen LogP contribution in [0, 0.1) is 5.82 Å². The number of methoxy groups -OCH3 is 1. The van der Waals surface area contributed by atoms with E-state index in [0.717, 1.165) is 0 Å². The van der Waals surface area contributed by atoms with Crippen molar-refractivity contribution in [2.24, 2.45) is 0 Å². The van der Waals surface area contributed by atoms with Gasteiger partial charge in [0.05, 0.1) is 19.2 Å². The molecule has 0 aliphatic rings. The third kappa shape index (κ3) is 5.10. The number of nitrogens with one attached hydrogen (secondary N) is 1. The molecule has 0 radical (unpaired) electrons. The van der Waals surface area contributed by atoms with Gasteiger partial charge in [0.15, 0.2) is 6.61 Å². The van der Waals surface area contributed by atoms with Crippen LogP contribution in [0.2, 0.25) is 0 Å². The third-order valence-electron chi connectivity index (χ3n) is 2.98. The number of amides is 1. The minimum absolute atomic E-state index is 0.0975. The number of para-hydroxylation sites is 2. The van der Waals surface area contributed by atoms with Gasteiger partial charge in [-0.15, -0.1) is 0 Å². The molecule has 0 unspecified atom stereocenters. The fourth-order valence-corrected chi connectivity index (χ4v) is 1.94. The summed E-state index contributed by atoms with van der Waals surface area (Å²) in [6, 6.07) is 12.5. The highest BCUT2D eigenvalue weighted by atomic mass is 19.1. The van der Waals surface area contributed by atoms with Crippen LogP contribution in [0.15, 0.2) is 48.5 Å². The van der Waals surface area contributed by atoms with Gasteiger partial charge in [-0.05, 0) is 29.8 Å². The Morgan fingerprint density at radius 1 is 1.13 bits per heavy atom. The van der Waals surface area contributed by atoms with Crippen molar-refractivity contribution in [1.29, 1.82) is 0 Å². The van der Waals surface area contributed by atoms with Crippen LogP contribution in [0.5, 0.6) is 5.75 Å². The first-order valence-electron chi connectivity index (χ1n) is 6.91. The Hall–Kier alpha value is -2.89. The zero-order valence-electron chi connectivity index (χ0n) is 12.5. The number of rotatable bonds is 6. The normalized spacial score (nSPS) is 10.0. The van der Waals surface area contributed by atoms with Gasteiger partial charge >= 0.3 is 5.97 Å². The van der Waals surface area contributed by atoms with Crippen molar-refractivity contribution < 1.29 is 23.5 Å². The summed E-state index contributed by atoms with van der Waals surface area (Å²) in [7, 11) is 1.49. The molecule has 0 saturated heterocycles. The number of anilines is 1. The molecule has 1 N–H and O–H groups in total. The van der Waals surface area contributed by atoms with E-state index >= 15 is 0 Å². The minimum atomic E-state index is -0.606. The second-order valence-electron chi connectivity index (χ2n) is 4.72. The topological polar surface area (TPSA) is 64.6 Å². The summed E-state index contributed by atoms with van der Waals surface area (Å²) in [6.45, 7) is -0.424. The smallest absolute Gasteiger partial charge is 0.310 e. The average Bonchev–Trinajstić information content (AvgIpc) is 2.53. The van der Waals surface area contributed by atoms with Gasteiger partial charge in [-0.25, -0.2) is 4.39 Å². The number of esters is 1. The summed E-state index contributed by atoms with van der Waals surface area (Å²) in [6.07, 6.45) is -0.0975. The van der Waals surface area contributed by atoms with Gasteiger partial charge in [0, 0.05) is 0 Å². The van der Waals surface area contributed by atoms with Gasteiger partial charge in [-0.2, -0.15) is 0 Å². The molecule has 5 nitrogen and oxygen atoms in total. The molecule has 2 aromatic rings. The van der Waals surface area contributed by atoms with Crippen molar-refractivity contribution in [3.05, 3.63) is 59.9 Å². The first kappa shape index (κ1) is 16.5. The summed E-state index contributed by atoms with van der Waals surface area (Å²) in [4.78, 5) is 23.4. The monoisotopic (exact) mass is 317 g/mol. The quantitative estimate of drug-likeness (QED) is 0.832. The van der Waals surface area contributed by atoms with Crippen LogP contribution in [0.1, 0.15) is 5.56 Å². The van der Waals surface area contributed by atoms with Gasteiger partial charge < -0.3 is 14.8 Å². The van der Waals surface area contributed by atoms with Crippen LogP contribution in [0.4, 0.5) is 10.1 Å². The number of hydrogen-bond acceptors (Lipinski definition) is 4. The van der Waals surface area contributed by atoms with Gasteiger partial charge in [-0.1, -0.05) is 24.3 Å². The maximum Gasteiger partial charge on any atom is 0.310 e. The summed E-state index contributed by atoms with van der Waals surface area (Å²) in [5, 5.41) is 2.59. The number of carbonyl (C=O) groups is 2. The summed E-state index contributed by atoms with van der Waals surface area (Å²) in [5.41, 5.74) is 0.973. The molecule has 0 spiro atoms. The molecule has 0 bridgehead atoms. The van der Waals surface area contributed by atoms with Crippen LogP contribution in [-0.4, -0.2) is 25.6 Å². The lowest BCUT2D eigenvalue weighted by molar-refractivity contribution is -0.146. The van der Waals surface area contributed by atoms with Crippen molar-refractivity contribution in [3.63, 3.8) is 0 Å². The number of benzene rings is 2. The molecule has 0 aliphatic carbocycles. The molecule has 1 amide bonds. The lowest BCUT2D eigenvalue weighted by Crippen LogP contribution is -2.21. The fraction of sp³-hybridized carbons (Fsp3) is 0.176. The van der Waals surface area contributed by atoms with E-state index in [1.54, 1.807) is 30.3 Å². The van der Waals surface area contributed by atoms with Gasteiger partial charge in [0.25, 0.3) is 5.91 Å². The number of hydrogen-bond donors (Lipinski definition) is 1. The molecular weight excluding hydrogens is 301 g/mol. The molecule has 0 aliphatic heterocycles. The summed E-state index contributed by atoms with van der Waals surface area (Å²) < 4.78 is 23.0. The first-order valence-corrected chi connectivity index (χ1v) is 6.91. The molecule has 0 fully saturated rings. The predicted octanol–water partition coefficient (Wildman–Crippen LogP) is 2.56. The molecule has 2 rings (SSSR count). The van der Waals surface area contributed by atoms with Gasteiger partial charge in [0.1, 0.15) is 11.6 Å². The molecule has 6 heteroatoms. The first-order chi connectivity index (χ1) is 11.1. The van der Waals surface area contributed by atoms with Gasteiger partial charge in [-0.3, -0.25) is 9.59 Å². The Kier molecular flexibility index (Phi) is 5.68. The van der Waals surface area contributed by atoms with E-state index in [2.05, 4.69) is 5.32 Å². The minimum Gasteiger partial charge on any atom is -0.495 e. The lowest BCUT2D eigenvalue weighted by atomic mass is 10.1. The Labute approximate surface area is 133 Å². The van der Waals surface area contributed by atoms with E-state index < -0.39 is 24.3 Å². The Bertz CT molecular complexity index is 702. The van der Waals surface area contributed by atoms with E-state index in [1.807, 2.05) is 0 Å². The highest BCUT2D eigenvalue weighted by Crippen LogP contribution is 2.22. The van der Waals surface area contributed by atoms with Crippen molar-refractivity contribution in [1.82, 2.24) is 0 Å². The third-order valence-corrected chi connectivity index (χ3v) is 2.98.